The van der Waals surface area contributed by atoms with Crippen molar-refractivity contribution >= 4 is 11.8 Å². The van der Waals surface area contributed by atoms with Gasteiger partial charge < -0.3 is 4.42 Å². The molecule has 0 N–H and O–H groups in total. The van der Waals surface area contributed by atoms with Crippen LogP contribution >= 0.6 is 0 Å². The molecular weight excluding hydrogens is 252 g/mol. The van der Waals surface area contributed by atoms with Gasteiger partial charge in [0.1, 0.15) is 11.5 Å². The van der Waals surface area contributed by atoms with Crippen LogP contribution in [0.15, 0.2) is 47.0 Å². The van der Waals surface area contributed by atoms with E-state index in [1.165, 1.54) is 18.2 Å². The number of nitro groups is 2. The van der Waals surface area contributed by atoms with E-state index in [2.05, 4.69) is 0 Å². The fourth-order valence-electron chi connectivity index (χ4n) is 1.48. The van der Waals surface area contributed by atoms with Crippen molar-refractivity contribution < 1.29 is 14.3 Å². The highest BCUT2D eigenvalue weighted by Crippen LogP contribution is 2.24. The molecule has 0 aliphatic rings. The summed E-state index contributed by atoms with van der Waals surface area (Å²) in [6.07, 6.45) is 2.01. The molecule has 0 spiro atoms. The first kappa shape index (κ1) is 12.5. The van der Waals surface area contributed by atoms with E-state index in [0.717, 1.165) is 6.20 Å². The van der Waals surface area contributed by atoms with Crippen LogP contribution in [0.2, 0.25) is 0 Å². The molecule has 2 rings (SSSR count). The number of hydrogen-bond acceptors (Lipinski definition) is 5. The van der Waals surface area contributed by atoms with Crippen LogP contribution in [0.5, 0.6) is 0 Å². The lowest BCUT2D eigenvalue weighted by Gasteiger charge is -1.96. The summed E-state index contributed by atoms with van der Waals surface area (Å²) >= 11 is 0. The van der Waals surface area contributed by atoms with E-state index >= 15 is 0 Å². The van der Waals surface area contributed by atoms with Crippen molar-refractivity contribution in [1.29, 1.82) is 0 Å². The molecule has 1 aromatic carbocycles. The maximum Gasteiger partial charge on any atom is 0.269 e. The van der Waals surface area contributed by atoms with Crippen LogP contribution in [0, 0.1) is 20.2 Å². The Balaban J connectivity index is 2.23. The van der Waals surface area contributed by atoms with Gasteiger partial charge in [-0.3, -0.25) is 20.2 Å². The first-order chi connectivity index (χ1) is 9.06. The van der Waals surface area contributed by atoms with Gasteiger partial charge in [-0.05, 0) is 24.3 Å². The molecule has 1 aromatic heterocycles. The third-order valence-electron chi connectivity index (χ3n) is 2.35. The van der Waals surface area contributed by atoms with Crippen molar-refractivity contribution in [3.8, 4) is 11.3 Å². The van der Waals surface area contributed by atoms with Gasteiger partial charge >= 0.3 is 0 Å². The summed E-state index contributed by atoms with van der Waals surface area (Å²) < 4.78 is 5.36. The summed E-state index contributed by atoms with van der Waals surface area (Å²) in [4.78, 5) is 19.6. The molecule has 1 heterocycles. The maximum atomic E-state index is 10.5. The van der Waals surface area contributed by atoms with Crippen molar-refractivity contribution in [3.63, 3.8) is 0 Å². The van der Waals surface area contributed by atoms with Gasteiger partial charge in [0.15, 0.2) is 0 Å². The SMILES string of the molecule is O=[N+]([O-])/C=C\c1ccc(-c2ccc([N+](=O)[O-])cc2)o1. The number of non-ortho nitro benzene ring substituents is 1. The highest BCUT2D eigenvalue weighted by Gasteiger charge is 2.07. The van der Waals surface area contributed by atoms with Crippen LogP contribution in [0.4, 0.5) is 5.69 Å². The Morgan fingerprint density at radius 3 is 2.26 bits per heavy atom. The molecule has 2 aromatic rings. The zero-order valence-electron chi connectivity index (χ0n) is 9.55. The number of nitro benzene ring substituents is 1. The predicted octanol–water partition coefficient (Wildman–Crippen LogP) is 3.10. The fraction of sp³-hybridized carbons (Fsp3) is 0. The Morgan fingerprint density at radius 2 is 1.68 bits per heavy atom. The second-order valence-electron chi connectivity index (χ2n) is 3.61. The number of benzene rings is 1. The molecule has 0 amide bonds. The highest BCUT2D eigenvalue weighted by atomic mass is 16.6. The Morgan fingerprint density at radius 1 is 1.00 bits per heavy atom. The summed E-state index contributed by atoms with van der Waals surface area (Å²) in [5.41, 5.74) is 0.648. The Bertz CT molecular complexity index is 642. The van der Waals surface area contributed by atoms with Crippen molar-refractivity contribution in [3.05, 3.63) is 68.6 Å². The quantitative estimate of drug-likeness (QED) is 0.621. The molecule has 0 saturated carbocycles. The molecule has 19 heavy (non-hydrogen) atoms. The van der Waals surface area contributed by atoms with Crippen molar-refractivity contribution in [2.45, 2.75) is 0 Å². The number of furan rings is 1. The average Bonchev–Trinajstić information content (AvgIpc) is 2.85. The van der Waals surface area contributed by atoms with Crippen LogP contribution < -0.4 is 0 Å². The van der Waals surface area contributed by atoms with Gasteiger partial charge in [0.05, 0.1) is 15.9 Å². The third kappa shape index (κ3) is 3.03. The Kier molecular flexibility index (Phi) is 3.37. The van der Waals surface area contributed by atoms with Gasteiger partial charge in [0, 0.05) is 17.7 Å². The monoisotopic (exact) mass is 260 g/mol. The lowest BCUT2D eigenvalue weighted by molar-refractivity contribution is -0.401. The van der Waals surface area contributed by atoms with Gasteiger partial charge in [-0.15, -0.1) is 0 Å². The topological polar surface area (TPSA) is 99.4 Å². The number of nitrogens with zero attached hydrogens (tertiary/aromatic N) is 2. The van der Waals surface area contributed by atoms with Crippen LogP contribution in [0.25, 0.3) is 17.4 Å². The molecular formula is C12H8N2O5. The van der Waals surface area contributed by atoms with E-state index < -0.39 is 9.85 Å². The molecule has 96 valence electrons. The second kappa shape index (κ2) is 5.13. The molecule has 0 aliphatic heterocycles. The number of hydrogen-bond donors (Lipinski definition) is 0. The lowest BCUT2D eigenvalue weighted by atomic mass is 10.1. The van der Waals surface area contributed by atoms with E-state index in [1.54, 1.807) is 24.3 Å². The van der Waals surface area contributed by atoms with Gasteiger partial charge in [-0.1, -0.05) is 0 Å². The van der Waals surface area contributed by atoms with E-state index in [9.17, 15) is 20.2 Å². The lowest BCUT2D eigenvalue weighted by Crippen LogP contribution is -1.86. The van der Waals surface area contributed by atoms with E-state index in [-0.39, 0.29) is 5.69 Å². The predicted molar refractivity (Wildman–Crippen MR) is 66.8 cm³/mol. The van der Waals surface area contributed by atoms with Gasteiger partial charge in [-0.25, -0.2) is 0 Å². The number of rotatable bonds is 4. The largest absolute Gasteiger partial charge is 0.457 e. The molecule has 7 heteroatoms. The van der Waals surface area contributed by atoms with Crippen LogP contribution in [0.3, 0.4) is 0 Å². The molecule has 0 atom stereocenters. The van der Waals surface area contributed by atoms with Crippen molar-refractivity contribution in [2.75, 3.05) is 0 Å². The minimum Gasteiger partial charge on any atom is -0.457 e. The van der Waals surface area contributed by atoms with Crippen molar-refractivity contribution in [2.24, 2.45) is 0 Å². The van der Waals surface area contributed by atoms with Crippen LogP contribution in [0.1, 0.15) is 5.76 Å². The second-order valence-corrected chi connectivity index (χ2v) is 3.61. The van der Waals surface area contributed by atoms with E-state index in [0.29, 0.717) is 17.1 Å². The summed E-state index contributed by atoms with van der Waals surface area (Å²) in [5, 5.41) is 20.7. The normalized spacial score (nSPS) is 10.7. The molecule has 0 bridgehead atoms. The van der Waals surface area contributed by atoms with Gasteiger partial charge in [0.25, 0.3) is 5.69 Å². The standard InChI is InChI=1S/C12H8N2O5/c15-13(16)8-7-11-5-6-12(19-11)9-1-3-10(4-2-9)14(17)18/h1-8H/b8-7-. The Labute approximate surface area is 107 Å². The fourth-order valence-corrected chi connectivity index (χ4v) is 1.48. The first-order valence-corrected chi connectivity index (χ1v) is 5.22. The minimum atomic E-state index is -0.589. The molecule has 0 saturated heterocycles. The minimum absolute atomic E-state index is 0.0104. The first-order valence-electron chi connectivity index (χ1n) is 5.22. The molecule has 7 nitrogen and oxygen atoms in total. The molecule has 0 radical (unpaired) electrons. The zero-order chi connectivity index (χ0) is 13.8. The van der Waals surface area contributed by atoms with E-state index in [1.807, 2.05) is 0 Å². The van der Waals surface area contributed by atoms with E-state index in [4.69, 9.17) is 4.42 Å². The average molecular weight is 260 g/mol. The van der Waals surface area contributed by atoms with Crippen LogP contribution in [-0.4, -0.2) is 9.85 Å². The summed E-state index contributed by atoms with van der Waals surface area (Å²) in [7, 11) is 0. The highest BCUT2D eigenvalue weighted by molar-refractivity contribution is 5.61. The Hall–Kier alpha value is -2.96. The van der Waals surface area contributed by atoms with Gasteiger partial charge in [-0.2, -0.15) is 0 Å². The third-order valence-corrected chi connectivity index (χ3v) is 2.35. The zero-order valence-corrected chi connectivity index (χ0v) is 9.55. The molecule has 0 fully saturated rings. The summed E-state index contributed by atoms with van der Waals surface area (Å²) in [5.74, 6) is 0.822. The summed E-state index contributed by atoms with van der Waals surface area (Å²) in [6, 6.07) is 9.06. The molecule has 0 aliphatic carbocycles. The van der Waals surface area contributed by atoms with Crippen molar-refractivity contribution in [1.82, 2.24) is 0 Å². The summed E-state index contributed by atoms with van der Waals surface area (Å²) in [6.45, 7) is 0. The molecule has 0 unspecified atom stereocenters. The van der Waals surface area contributed by atoms with Gasteiger partial charge in [0.2, 0.25) is 6.20 Å². The van der Waals surface area contributed by atoms with Crippen LogP contribution in [-0.2, 0) is 0 Å². The maximum absolute atomic E-state index is 10.5. The smallest absolute Gasteiger partial charge is 0.269 e.